The molecule has 0 radical (unpaired) electrons. The maximum absolute atomic E-state index is 13.2. The van der Waals surface area contributed by atoms with Crippen LogP contribution in [0.1, 0.15) is 43.6 Å². The molecule has 1 saturated heterocycles. The van der Waals surface area contributed by atoms with Gasteiger partial charge in [-0.1, -0.05) is 19.9 Å². The SMILES string of the molecule is COc1cccc2[nH]c(C(=O)NC(CC(C)C)C(=O)NC(C[C@@H]3CCNC3=O)C(N)C#N)cc12. The van der Waals surface area contributed by atoms with Crippen molar-refractivity contribution in [3.63, 3.8) is 0 Å². The summed E-state index contributed by atoms with van der Waals surface area (Å²) in [6.07, 6.45) is 1.27. The molecule has 3 unspecified atom stereocenters. The number of benzene rings is 1. The minimum Gasteiger partial charge on any atom is -0.496 e. The number of fused-ring (bicyclic) bond motifs is 1. The van der Waals surface area contributed by atoms with E-state index in [1.165, 1.54) is 0 Å². The summed E-state index contributed by atoms with van der Waals surface area (Å²) >= 11 is 0. The topological polar surface area (TPSA) is 162 Å². The predicted molar refractivity (Wildman–Crippen MR) is 127 cm³/mol. The van der Waals surface area contributed by atoms with Gasteiger partial charge in [-0.2, -0.15) is 5.26 Å². The first-order chi connectivity index (χ1) is 16.2. The molecule has 0 aliphatic carbocycles. The van der Waals surface area contributed by atoms with E-state index >= 15 is 0 Å². The minimum absolute atomic E-state index is 0.106. The van der Waals surface area contributed by atoms with Gasteiger partial charge in [-0.05, 0) is 43.4 Å². The molecule has 182 valence electrons. The van der Waals surface area contributed by atoms with Crippen LogP contribution in [0, 0.1) is 23.2 Å². The molecule has 0 bridgehead atoms. The average Bonchev–Trinajstić information content (AvgIpc) is 3.43. The number of nitriles is 1. The molecule has 3 amide bonds. The van der Waals surface area contributed by atoms with Gasteiger partial charge in [0.15, 0.2) is 0 Å². The van der Waals surface area contributed by atoms with E-state index in [9.17, 15) is 19.6 Å². The number of nitrogens with two attached hydrogens (primary N) is 1. The third kappa shape index (κ3) is 5.85. The third-order valence-electron chi connectivity index (χ3n) is 6.03. The Hall–Kier alpha value is -3.58. The fourth-order valence-electron chi connectivity index (χ4n) is 4.21. The molecule has 0 saturated carbocycles. The lowest BCUT2D eigenvalue weighted by molar-refractivity contribution is -0.126. The number of methoxy groups -OCH3 is 1. The van der Waals surface area contributed by atoms with Crippen LogP contribution in [0.15, 0.2) is 24.3 Å². The highest BCUT2D eigenvalue weighted by Crippen LogP contribution is 2.26. The summed E-state index contributed by atoms with van der Waals surface area (Å²) in [5, 5.41) is 18.5. The Kier molecular flexibility index (Phi) is 8.12. The molecule has 6 N–H and O–H groups in total. The number of rotatable bonds is 10. The van der Waals surface area contributed by atoms with Gasteiger partial charge in [0.25, 0.3) is 5.91 Å². The summed E-state index contributed by atoms with van der Waals surface area (Å²) in [4.78, 5) is 41.2. The Morgan fingerprint density at radius 3 is 2.71 bits per heavy atom. The van der Waals surface area contributed by atoms with E-state index in [1.54, 1.807) is 19.2 Å². The summed E-state index contributed by atoms with van der Waals surface area (Å²) < 4.78 is 5.35. The first-order valence-corrected chi connectivity index (χ1v) is 11.4. The zero-order chi connectivity index (χ0) is 24.8. The minimum atomic E-state index is -0.978. The Morgan fingerprint density at radius 2 is 2.09 bits per heavy atom. The van der Waals surface area contributed by atoms with Crippen LogP contribution in [0.5, 0.6) is 5.75 Å². The van der Waals surface area contributed by atoms with Crippen molar-refractivity contribution < 1.29 is 19.1 Å². The van der Waals surface area contributed by atoms with Crippen molar-refractivity contribution in [1.82, 2.24) is 20.9 Å². The molecule has 10 heteroatoms. The van der Waals surface area contributed by atoms with Gasteiger partial charge in [-0.3, -0.25) is 14.4 Å². The van der Waals surface area contributed by atoms with E-state index in [-0.39, 0.29) is 24.2 Å². The van der Waals surface area contributed by atoms with Crippen molar-refractivity contribution in [3.8, 4) is 11.8 Å². The summed E-state index contributed by atoms with van der Waals surface area (Å²) in [5.74, 6) is -0.550. The van der Waals surface area contributed by atoms with Crippen LogP contribution < -0.4 is 26.4 Å². The van der Waals surface area contributed by atoms with Crippen molar-refractivity contribution in [3.05, 3.63) is 30.0 Å². The molecule has 0 spiro atoms. The summed E-state index contributed by atoms with van der Waals surface area (Å²) in [5.41, 5.74) is 6.98. The fourth-order valence-corrected chi connectivity index (χ4v) is 4.21. The number of amides is 3. The number of carbonyl (C=O) groups excluding carboxylic acids is 3. The first-order valence-electron chi connectivity index (χ1n) is 11.4. The standard InChI is InChI=1S/C24H32N6O4/c1-13(2)9-19(23(32)29-18(16(26)12-25)10-14-7-8-27-22(14)31)30-24(33)20-11-15-17(28-20)5-4-6-21(15)34-3/h4-6,11,13-14,16,18-19,28H,7-10,26H2,1-3H3,(H,27,31)(H,29,32)(H,30,33)/t14-,16?,18?,19?/m0/s1. The number of hydrogen-bond donors (Lipinski definition) is 5. The lowest BCUT2D eigenvalue weighted by Crippen LogP contribution is -2.55. The maximum Gasteiger partial charge on any atom is 0.268 e. The lowest BCUT2D eigenvalue weighted by atomic mass is 9.93. The number of carbonyl (C=O) groups is 3. The quantitative estimate of drug-likeness (QED) is 0.352. The van der Waals surface area contributed by atoms with Crippen LogP contribution in [0.2, 0.25) is 0 Å². The van der Waals surface area contributed by atoms with Gasteiger partial charge in [0.2, 0.25) is 11.8 Å². The van der Waals surface area contributed by atoms with Crippen molar-refractivity contribution in [2.24, 2.45) is 17.6 Å². The Morgan fingerprint density at radius 1 is 1.32 bits per heavy atom. The van der Waals surface area contributed by atoms with Gasteiger partial charge in [0, 0.05) is 23.4 Å². The molecule has 2 aromatic rings. The number of nitrogens with zero attached hydrogens (tertiary/aromatic N) is 1. The molecule has 34 heavy (non-hydrogen) atoms. The van der Waals surface area contributed by atoms with Crippen molar-refractivity contribution in [2.75, 3.05) is 13.7 Å². The number of nitrogens with one attached hydrogen (secondary N) is 4. The molecule has 10 nitrogen and oxygen atoms in total. The maximum atomic E-state index is 13.2. The van der Waals surface area contributed by atoms with Crippen molar-refractivity contribution in [1.29, 1.82) is 5.26 Å². The number of ether oxygens (including phenoxy) is 1. The monoisotopic (exact) mass is 468 g/mol. The van der Waals surface area contributed by atoms with Crippen LogP contribution in [-0.2, 0) is 9.59 Å². The van der Waals surface area contributed by atoms with Crippen LogP contribution >= 0.6 is 0 Å². The second-order valence-electron chi connectivity index (χ2n) is 9.04. The third-order valence-corrected chi connectivity index (χ3v) is 6.03. The molecule has 1 fully saturated rings. The molecular formula is C24H32N6O4. The highest BCUT2D eigenvalue weighted by atomic mass is 16.5. The molecule has 1 aliphatic rings. The number of H-pyrrole nitrogens is 1. The molecule has 4 atom stereocenters. The second-order valence-corrected chi connectivity index (χ2v) is 9.04. The van der Waals surface area contributed by atoms with E-state index in [0.717, 1.165) is 10.9 Å². The Labute approximate surface area is 198 Å². The molecule has 2 heterocycles. The molecule has 1 aromatic carbocycles. The second kappa shape index (κ2) is 11.0. The van der Waals surface area contributed by atoms with Gasteiger partial charge < -0.3 is 31.4 Å². The Balaban J connectivity index is 1.75. The zero-order valence-electron chi connectivity index (χ0n) is 19.7. The molecule has 3 rings (SSSR count). The number of aromatic nitrogens is 1. The van der Waals surface area contributed by atoms with Crippen LogP contribution in [0.3, 0.4) is 0 Å². The summed E-state index contributed by atoms with van der Waals surface area (Å²) in [6.45, 7) is 4.45. The van der Waals surface area contributed by atoms with E-state index in [1.807, 2.05) is 32.0 Å². The number of hydrogen-bond acceptors (Lipinski definition) is 6. The molecular weight excluding hydrogens is 436 g/mol. The van der Waals surface area contributed by atoms with Crippen LogP contribution in [-0.4, -0.2) is 54.5 Å². The predicted octanol–water partition coefficient (Wildman–Crippen LogP) is 1.18. The van der Waals surface area contributed by atoms with E-state index in [4.69, 9.17) is 10.5 Å². The zero-order valence-corrected chi connectivity index (χ0v) is 19.7. The lowest BCUT2D eigenvalue weighted by Gasteiger charge is -2.26. The van der Waals surface area contributed by atoms with E-state index < -0.39 is 29.9 Å². The van der Waals surface area contributed by atoms with Gasteiger partial charge in [-0.15, -0.1) is 0 Å². The first kappa shape index (κ1) is 25.1. The molecule has 1 aliphatic heterocycles. The smallest absolute Gasteiger partial charge is 0.268 e. The van der Waals surface area contributed by atoms with E-state index in [2.05, 4.69) is 20.9 Å². The van der Waals surface area contributed by atoms with E-state index in [0.29, 0.717) is 30.8 Å². The molecule has 1 aromatic heterocycles. The normalized spacial score (nSPS) is 18.1. The average molecular weight is 469 g/mol. The van der Waals surface area contributed by atoms with Crippen molar-refractivity contribution in [2.45, 2.75) is 51.2 Å². The highest BCUT2D eigenvalue weighted by Gasteiger charge is 2.33. The van der Waals surface area contributed by atoms with Gasteiger partial charge in [0.05, 0.1) is 19.2 Å². The fraction of sp³-hybridized carbons (Fsp3) is 0.500. The summed E-state index contributed by atoms with van der Waals surface area (Å²) in [6, 6.07) is 6.56. The van der Waals surface area contributed by atoms with Gasteiger partial charge in [0.1, 0.15) is 23.5 Å². The van der Waals surface area contributed by atoms with Crippen molar-refractivity contribution >= 4 is 28.6 Å². The highest BCUT2D eigenvalue weighted by molar-refractivity contribution is 6.01. The van der Waals surface area contributed by atoms with Gasteiger partial charge in [-0.25, -0.2) is 0 Å². The Bertz CT molecular complexity index is 1090. The van der Waals surface area contributed by atoms with Crippen LogP contribution in [0.4, 0.5) is 0 Å². The largest absolute Gasteiger partial charge is 0.496 e. The summed E-state index contributed by atoms with van der Waals surface area (Å²) in [7, 11) is 1.56. The van der Waals surface area contributed by atoms with Crippen LogP contribution in [0.25, 0.3) is 10.9 Å². The van der Waals surface area contributed by atoms with Gasteiger partial charge >= 0.3 is 0 Å². The number of aromatic amines is 1.